The van der Waals surface area contributed by atoms with E-state index in [4.69, 9.17) is 5.73 Å². The first-order valence-electron chi connectivity index (χ1n) is 8.82. The summed E-state index contributed by atoms with van der Waals surface area (Å²) in [5.41, 5.74) is 9.48. The maximum absolute atomic E-state index is 12.9. The second kappa shape index (κ2) is 7.15. The number of rotatable bonds is 5. The number of nitrogens with zero attached hydrogens (tertiary/aromatic N) is 3. The molecule has 2 aromatic rings. The van der Waals surface area contributed by atoms with Gasteiger partial charge in [0.2, 0.25) is 5.91 Å². The van der Waals surface area contributed by atoms with Gasteiger partial charge in [0.15, 0.2) is 0 Å². The fourth-order valence-electron chi connectivity index (χ4n) is 3.55. The highest BCUT2D eigenvalue weighted by molar-refractivity contribution is 5.96. The first kappa shape index (κ1) is 17.9. The van der Waals surface area contributed by atoms with Crippen LogP contribution in [0.3, 0.4) is 0 Å². The van der Waals surface area contributed by atoms with Crippen LogP contribution in [0.4, 0.5) is 0 Å². The Bertz CT molecular complexity index is 882. The van der Waals surface area contributed by atoms with Crippen molar-refractivity contribution < 1.29 is 9.59 Å². The zero-order chi connectivity index (χ0) is 18.8. The Morgan fingerprint density at radius 2 is 2.08 bits per heavy atom. The smallest absolute Gasteiger partial charge is 0.254 e. The molecule has 1 aromatic heterocycles. The average Bonchev–Trinajstić information content (AvgIpc) is 3.18. The van der Waals surface area contributed by atoms with Gasteiger partial charge in [0.1, 0.15) is 6.54 Å². The van der Waals surface area contributed by atoms with Crippen LogP contribution in [0.2, 0.25) is 0 Å². The second-order valence-corrected chi connectivity index (χ2v) is 6.61. The molecule has 1 aromatic carbocycles. The SMILES string of the molecule is CCC1C=CCN1C(=O)c1cccc(-c2c(C)nn(CC(N)=O)c2C)c1. The van der Waals surface area contributed by atoms with Crippen molar-refractivity contribution in [2.24, 2.45) is 5.73 Å². The monoisotopic (exact) mass is 352 g/mol. The topological polar surface area (TPSA) is 81.2 Å². The van der Waals surface area contributed by atoms with Crippen LogP contribution < -0.4 is 5.73 Å². The minimum atomic E-state index is -0.432. The van der Waals surface area contributed by atoms with Gasteiger partial charge in [0.25, 0.3) is 5.91 Å². The molecular formula is C20H24N4O2. The van der Waals surface area contributed by atoms with Crippen molar-refractivity contribution >= 4 is 11.8 Å². The maximum Gasteiger partial charge on any atom is 0.254 e. The zero-order valence-electron chi connectivity index (χ0n) is 15.4. The van der Waals surface area contributed by atoms with E-state index in [1.54, 1.807) is 4.68 Å². The van der Waals surface area contributed by atoms with Crippen molar-refractivity contribution in [3.8, 4) is 11.1 Å². The van der Waals surface area contributed by atoms with E-state index in [-0.39, 0.29) is 18.5 Å². The summed E-state index contributed by atoms with van der Waals surface area (Å²) in [6, 6.07) is 7.75. The third-order valence-electron chi connectivity index (χ3n) is 4.83. The summed E-state index contributed by atoms with van der Waals surface area (Å²) in [5, 5.41) is 4.41. The summed E-state index contributed by atoms with van der Waals surface area (Å²) in [5.74, 6) is -0.401. The lowest BCUT2D eigenvalue weighted by Gasteiger charge is -2.23. The molecule has 6 heteroatoms. The Kier molecular flexibility index (Phi) is 4.93. The maximum atomic E-state index is 12.9. The second-order valence-electron chi connectivity index (χ2n) is 6.61. The van der Waals surface area contributed by atoms with E-state index in [2.05, 4.69) is 18.1 Å². The molecule has 6 nitrogen and oxygen atoms in total. The van der Waals surface area contributed by atoms with Crippen molar-refractivity contribution in [1.82, 2.24) is 14.7 Å². The van der Waals surface area contributed by atoms with Gasteiger partial charge in [-0.3, -0.25) is 14.3 Å². The minimum Gasteiger partial charge on any atom is -0.368 e. The highest BCUT2D eigenvalue weighted by atomic mass is 16.2. The van der Waals surface area contributed by atoms with Crippen molar-refractivity contribution in [3.63, 3.8) is 0 Å². The van der Waals surface area contributed by atoms with E-state index >= 15 is 0 Å². The first-order chi connectivity index (χ1) is 12.4. The molecule has 3 rings (SSSR count). The number of carbonyl (C=O) groups is 2. The first-order valence-corrected chi connectivity index (χ1v) is 8.82. The van der Waals surface area contributed by atoms with Crippen molar-refractivity contribution in [2.75, 3.05) is 6.54 Å². The molecule has 2 amide bonds. The van der Waals surface area contributed by atoms with Gasteiger partial charge in [-0.1, -0.05) is 31.2 Å². The number of hydrogen-bond donors (Lipinski definition) is 1. The lowest BCUT2D eigenvalue weighted by Crippen LogP contribution is -2.35. The Balaban J connectivity index is 1.94. The summed E-state index contributed by atoms with van der Waals surface area (Å²) < 4.78 is 1.61. The van der Waals surface area contributed by atoms with Crippen molar-refractivity contribution in [1.29, 1.82) is 0 Å². The lowest BCUT2D eigenvalue weighted by molar-refractivity contribution is -0.118. The predicted molar refractivity (Wildman–Crippen MR) is 101 cm³/mol. The Labute approximate surface area is 153 Å². The molecule has 1 aliphatic rings. The van der Waals surface area contributed by atoms with Gasteiger partial charge >= 0.3 is 0 Å². The van der Waals surface area contributed by atoms with Crippen LogP contribution in [0.1, 0.15) is 35.1 Å². The fourth-order valence-corrected chi connectivity index (χ4v) is 3.55. The van der Waals surface area contributed by atoms with Crippen LogP contribution in [0.25, 0.3) is 11.1 Å². The van der Waals surface area contributed by atoms with Crippen LogP contribution >= 0.6 is 0 Å². The predicted octanol–water partition coefficient (Wildman–Crippen LogP) is 2.44. The number of nitrogens with two attached hydrogens (primary N) is 1. The molecule has 2 N–H and O–H groups in total. The molecule has 1 unspecified atom stereocenters. The summed E-state index contributed by atoms with van der Waals surface area (Å²) in [4.78, 5) is 26.0. The zero-order valence-corrected chi connectivity index (χ0v) is 15.4. The number of primary amides is 1. The summed E-state index contributed by atoms with van der Waals surface area (Å²) in [6.07, 6.45) is 5.03. The summed E-state index contributed by atoms with van der Waals surface area (Å²) in [7, 11) is 0. The lowest BCUT2D eigenvalue weighted by atomic mass is 10.0. The number of benzene rings is 1. The molecule has 2 heterocycles. The fraction of sp³-hybridized carbons (Fsp3) is 0.350. The Hall–Kier alpha value is -2.89. The van der Waals surface area contributed by atoms with Crippen molar-refractivity contribution in [2.45, 2.75) is 39.8 Å². The molecule has 0 saturated carbocycles. The third kappa shape index (κ3) is 3.27. The number of aromatic nitrogens is 2. The number of amides is 2. The summed E-state index contributed by atoms with van der Waals surface area (Å²) in [6.45, 7) is 6.58. The molecule has 0 spiro atoms. The van der Waals surface area contributed by atoms with Crippen LogP contribution in [0, 0.1) is 13.8 Å². The third-order valence-corrected chi connectivity index (χ3v) is 4.83. The van der Waals surface area contributed by atoms with Gasteiger partial charge in [0.05, 0.1) is 11.7 Å². The molecule has 0 radical (unpaired) electrons. The molecule has 1 aliphatic heterocycles. The highest BCUT2D eigenvalue weighted by Gasteiger charge is 2.25. The molecule has 1 atom stereocenters. The van der Waals surface area contributed by atoms with Gasteiger partial charge in [0, 0.05) is 23.4 Å². The van der Waals surface area contributed by atoms with Crippen LogP contribution in [-0.4, -0.2) is 39.1 Å². The Morgan fingerprint density at radius 3 is 2.77 bits per heavy atom. The van der Waals surface area contributed by atoms with Gasteiger partial charge in [-0.05, 0) is 38.0 Å². The standard InChI is InChI=1S/C20H24N4O2/c1-4-17-9-6-10-23(17)20(26)16-8-5-7-15(11-16)19-13(2)22-24(14(19)3)12-18(21)25/h5-9,11,17H,4,10,12H2,1-3H3,(H2,21,25). The molecule has 0 saturated heterocycles. The molecule has 26 heavy (non-hydrogen) atoms. The average molecular weight is 352 g/mol. The Morgan fingerprint density at radius 1 is 1.31 bits per heavy atom. The molecule has 0 bridgehead atoms. The van der Waals surface area contributed by atoms with Gasteiger partial charge in [-0.2, -0.15) is 5.10 Å². The number of hydrogen-bond acceptors (Lipinski definition) is 3. The van der Waals surface area contributed by atoms with E-state index in [9.17, 15) is 9.59 Å². The highest BCUT2D eigenvalue weighted by Crippen LogP contribution is 2.28. The van der Waals surface area contributed by atoms with E-state index in [1.807, 2.05) is 49.1 Å². The molecule has 0 fully saturated rings. The van der Waals surface area contributed by atoms with E-state index in [0.29, 0.717) is 12.1 Å². The van der Waals surface area contributed by atoms with Gasteiger partial charge in [-0.25, -0.2) is 0 Å². The summed E-state index contributed by atoms with van der Waals surface area (Å²) >= 11 is 0. The number of carbonyl (C=O) groups excluding carboxylic acids is 2. The quantitative estimate of drug-likeness (QED) is 0.839. The number of aryl methyl sites for hydroxylation is 1. The van der Waals surface area contributed by atoms with Gasteiger partial charge < -0.3 is 10.6 Å². The minimum absolute atomic E-state index is 0.0310. The largest absolute Gasteiger partial charge is 0.368 e. The van der Waals surface area contributed by atoms with Crippen LogP contribution in [0.15, 0.2) is 36.4 Å². The van der Waals surface area contributed by atoms with E-state index in [0.717, 1.165) is 28.9 Å². The van der Waals surface area contributed by atoms with Crippen molar-refractivity contribution in [3.05, 3.63) is 53.4 Å². The normalized spacial score (nSPS) is 16.3. The van der Waals surface area contributed by atoms with E-state index < -0.39 is 5.91 Å². The molecular weight excluding hydrogens is 328 g/mol. The van der Waals surface area contributed by atoms with Crippen LogP contribution in [-0.2, 0) is 11.3 Å². The van der Waals surface area contributed by atoms with E-state index in [1.165, 1.54) is 0 Å². The molecule has 0 aliphatic carbocycles. The van der Waals surface area contributed by atoms with Crippen LogP contribution in [0.5, 0.6) is 0 Å². The van der Waals surface area contributed by atoms with Gasteiger partial charge in [-0.15, -0.1) is 0 Å². The molecule has 136 valence electrons.